The van der Waals surface area contributed by atoms with Gasteiger partial charge in [0.1, 0.15) is 17.5 Å². The second kappa shape index (κ2) is 7.83. The molecule has 2 amide bonds. The van der Waals surface area contributed by atoms with Crippen LogP contribution in [0.4, 0.5) is 18.9 Å². The Bertz CT molecular complexity index is 784. The molecule has 2 rings (SSSR count). The molecule has 0 saturated heterocycles. The monoisotopic (exact) mass is 356 g/mol. The number of anilines is 1. The van der Waals surface area contributed by atoms with Crippen LogP contribution in [0.25, 0.3) is 0 Å². The van der Waals surface area contributed by atoms with E-state index in [1.807, 2.05) is 0 Å². The van der Waals surface area contributed by atoms with Crippen molar-refractivity contribution >= 4 is 29.1 Å². The summed E-state index contributed by atoms with van der Waals surface area (Å²) >= 11 is 5.59. The highest BCUT2D eigenvalue weighted by atomic mass is 35.5. The molecule has 0 unspecified atom stereocenters. The minimum atomic E-state index is -0.988. The predicted molar refractivity (Wildman–Crippen MR) is 83.3 cm³/mol. The first-order valence-electron chi connectivity index (χ1n) is 6.85. The van der Waals surface area contributed by atoms with Gasteiger partial charge in [-0.3, -0.25) is 9.59 Å². The number of hydrogen-bond donors (Lipinski definition) is 2. The molecule has 0 fully saturated rings. The number of carbonyl (C=O) groups is 2. The van der Waals surface area contributed by atoms with Crippen molar-refractivity contribution in [1.82, 2.24) is 5.32 Å². The van der Waals surface area contributed by atoms with Crippen LogP contribution >= 0.6 is 11.6 Å². The van der Waals surface area contributed by atoms with Gasteiger partial charge in [-0.15, -0.1) is 0 Å². The van der Waals surface area contributed by atoms with Crippen molar-refractivity contribution in [2.24, 2.45) is 0 Å². The number of carbonyl (C=O) groups excluding carboxylic acids is 2. The van der Waals surface area contributed by atoms with E-state index in [1.165, 1.54) is 12.1 Å². The molecule has 0 atom stereocenters. The van der Waals surface area contributed by atoms with Crippen molar-refractivity contribution < 1.29 is 22.8 Å². The van der Waals surface area contributed by atoms with E-state index < -0.39 is 29.3 Å². The molecule has 0 radical (unpaired) electrons. The third-order valence-electron chi connectivity index (χ3n) is 3.02. The molecule has 8 heteroatoms. The van der Waals surface area contributed by atoms with E-state index in [0.29, 0.717) is 11.8 Å². The molecule has 0 saturated carbocycles. The molecular weight excluding hydrogens is 345 g/mol. The van der Waals surface area contributed by atoms with Gasteiger partial charge in [-0.1, -0.05) is 11.6 Å². The van der Waals surface area contributed by atoms with Crippen LogP contribution in [-0.4, -0.2) is 18.4 Å². The van der Waals surface area contributed by atoms with E-state index in [0.717, 1.165) is 18.2 Å². The zero-order chi connectivity index (χ0) is 17.7. The Balaban J connectivity index is 1.83. The molecule has 2 N–H and O–H groups in total. The molecule has 0 aliphatic rings. The standard InChI is InChI=1S/C16H12ClF3N2O2/c17-12-8-10(2-4-13(12)19)22-15(23)5-6-21-16(24)11-3-1-9(18)7-14(11)20/h1-4,7-8H,5-6H2,(H,21,24)(H,22,23). The van der Waals surface area contributed by atoms with Crippen LogP contribution in [0.1, 0.15) is 16.8 Å². The first-order valence-corrected chi connectivity index (χ1v) is 7.23. The van der Waals surface area contributed by atoms with E-state index >= 15 is 0 Å². The van der Waals surface area contributed by atoms with Crippen molar-refractivity contribution in [2.45, 2.75) is 6.42 Å². The summed E-state index contributed by atoms with van der Waals surface area (Å²) in [4.78, 5) is 23.4. The number of amides is 2. The summed E-state index contributed by atoms with van der Waals surface area (Å²) in [6, 6.07) is 6.27. The quantitative estimate of drug-likeness (QED) is 0.861. The van der Waals surface area contributed by atoms with Crippen LogP contribution in [0.2, 0.25) is 5.02 Å². The number of rotatable bonds is 5. The smallest absolute Gasteiger partial charge is 0.254 e. The molecule has 0 aliphatic carbocycles. The van der Waals surface area contributed by atoms with Crippen LogP contribution < -0.4 is 10.6 Å². The third-order valence-corrected chi connectivity index (χ3v) is 3.31. The summed E-state index contributed by atoms with van der Waals surface area (Å²) in [6.07, 6.45) is -0.0937. The summed E-state index contributed by atoms with van der Waals surface area (Å²) in [5.74, 6) is -3.59. The summed E-state index contributed by atoms with van der Waals surface area (Å²) in [7, 11) is 0. The Kier molecular flexibility index (Phi) is 5.81. The highest BCUT2D eigenvalue weighted by Crippen LogP contribution is 2.19. The van der Waals surface area contributed by atoms with Gasteiger partial charge < -0.3 is 10.6 Å². The second-order valence-electron chi connectivity index (χ2n) is 4.81. The lowest BCUT2D eigenvalue weighted by Crippen LogP contribution is -2.28. The van der Waals surface area contributed by atoms with Gasteiger partial charge in [0.05, 0.1) is 10.6 Å². The lowest BCUT2D eigenvalue weighted by atomic mass is 10.2. The van der Waals surface area contributed by atoms with E-state index in [-0.39, 0.29) is 23.6 Å². The summed E-state index contributed by atoms with van der Waals surface area (Å²) < 4.78 is 39.2. The first kappa shape index (κ1) is 17.8. The molecule has 0 heterocycles. The van der Waals surface area contributed by atoms with Gasteiger partial charge in [0, 0.05) is 24.7 Å². The minimum Gasteiger partial charge on any atom is -0.351 e. The van der Waals surface area contributed by atoms with Crippen molar-refractivity contribution in [3.8, 4) is 0 Å². The Morgan fingerprint density at radius 3 is 2.42 bits per heavy atom. The predicted octanol–water partition coefficient (Wildman–Crippen LogP) is 3.52. The second-order valence-corrected chi connectivity index (χ2v) is 5.21. The van der Waals surface area contributed by atoms with Gasteiger partial charge in [-0.25, -0.2) is 13.2 Å². The van der Waals surface area contributed by atoms with Gasteiger partial charge in [-0.2, -0.15) is 0 Å². The fourth-order valence-electron chi connectivity index (χ4n) is 1.86. The molecule has 0 aliphatic heterocycles. The molecule has 0 spiro atoms. The van der Waals surface area contributed by atoms with Gasteiger partial charge >= 0.3 is 0 Å². The number of halogens is 4. The minimum absolute atomic E-state index is 0.0591. The maximum absolute atomic E-state index is 13.4. The van der Waals surface area contributed by atoms with E-state index in [9.17, 15) is 22.8 Å². The largest absolute Gasteiger partial charge is 0.351 e. The van der Waals surface area contributed by atoms with Crippen molar-refractivity contribution in [1.29, 1.82) is 0 Å². The Hall–Kier alpha value is -2.54. The van der Waals surface area contributed by atoms with Gasteiger partial charge in [0.2, 0.25) is 5.91 Å². The molecule has 0 aromatic heterocycles. The SMILES string of the molecule is O=C(CCNC(=O)c1ccc(F)cc1F)Nc1ccc(F)c(Cl)c1. The highest BCUT2D eigenvalue weighted by Gasteiger charge is 2.12. The third kappa shape index (κ3) is 4.73. The highest BCUT2D eigenvalue weighted by molar-refractivity contribution is 6.31. The summed E-state index contributed by atoms with van der Waals surface area (Å²) in [5, 5.41) is 4.69. The van der Waals surface area contributed by atoms with Gasteiger partial charge in [0.15, 0.2) is 0 Å². The normalized spacial score (nSPS) is 10.3. The maximum atomic E-state index is 13.4. The fraction of sp³-hybridized carbons (Fsp3) is 0.125. The van der Waals surface area contributed by atoms with E-state index in [1.54, 1.807) is 0 Å². The van der Waals surface area contributed by atoms with Crippen molar-refractivity contribution in [3.63, 3.8) is 0 Å². The number of nitrogens with one attached hydrogen (secondary N) is 2. The Labute approximate surface area is 140 Å². The van der Waals surface area contributed by atoms with Crippen LogP contribution in [0.5, 0.6) is 0 Å². The van der Waals surface area contributed by atoms with Crippen molar-refractivity contribution in [2.75, 3.05) is 11.9 Å². The molecule has 0 bridgehead atoms. The molecule has 24 heavy (non-hydrogen) atoms. The molecule has 2 aromatic rings. The average Bonchev–Trinajstić information content (AvgIpc) is 2.50. The zero-order valence-electron chi connectivity index (χ0n) is 12.2. The summed E-state index contributed by atoms with van der Waals surface area (Å²) in [6.45, 7) is -0.0591. The molecule has 2 aromatic carbocycles. The lowest BCUT2D eigenvalue weighted by Gasteiger charge is -2.08. The van der Waals surface area contributed by atoms with Gasteiger partial charge in [0.25, 0.3) is 5.91 Å². The van der Waals surface area contributed by atoms with Crippen LogP contribution in [0.3, 0.4) is 0 Å². The first-order chi connectivity index (χ1) is 11.4. The van der Waals surface area contributed by atoms with Crippen LogP contribution in [0, 0.1) is 17.5 Å². The van der Waals surface area contributed by atoms with Crippen LogP contribution in [-0.2, 0) is 4.79 Å². The fourth-order valence-corrected chi connectivity index (χ4v) is 2.04. The lowest BCUT2D eigenvalue weighted by molar-refractivity contribution is -0.116. The maximum Gasteiger partial charge on any atom is 0.254 e. The number of hydrogen-bond acceptors (Lipinski definition) is 2. The number of benzene rings is 2. The topological polar surface area (TPSA) is 58.2 Å². The molecule has 4 nitrogen and oxygen atoms in total. The zero-order valence-corrected chi connectivity index (χ0v) is 13.0. The van der Waals surface area contributed by atoms with Gasteiger partial charge in [-0.05, 0) is 30.3 Å². The summed E-state index contributed by atoms with van der Waals surface area (Å²) in [5.41, 5.74) is -0.00979. The van der Waals surface area contributed by atoms with E-state index in [2.05, 4.69) is 10.6 Å². The van der Waals surface area contributed by atoms with E-state index in [4.69, 9.17) is 11.6 Å². The average molecular weight is 357 g/mol. The molecule has 126 valence electrons. The Morgan fingerprint density at radius 1 is 1.00 bits per heavy atom. The molecular formula is C16H12ClF3N2O2. The van der Waals surface area contributed by atoms with Crippen molar-refractivity contribution in [3.05, 3.63) is 64.4 Å². The Morgan fingerprint density at radius 2 is 1.75 bits per heavy atom. The van der Waals surface area contributed by atoms with Crippen LogP contribution in [0.15, 0.2) is 36.4 Å².